The van der Waals surface area contributed by atoms with Gasteiger partial charge in [-0.2, -0.15) is 0 Å². The van der Waals surface area contributed by atoms with E-state index in [1.807, 2.05) is 0 Å². The van der Waals surface area contributed by atoms with Gasteiger partial charge in [-0.05, 0) is 30.7 Å². The summed E-state index contributed by atoms with van der Waals surface area (Å²) < 4.78 is 23.5. The molecule has 2 fully saturated rings. The maximum Gasteiger partial charge on any atom is 0.137 e. The van der Waals surface area contributed by atoms with E-state index in [-0.39, 0.29) is 12.4 Å². The number of rotatable bonds is 4. The van der Waals surface area contributed by atoms with Crippen LogP contribution in [0.25, 0.3) is 0 Å². The van der Waals surface area contributed by atoms with Crippen LogP contribution in [0.1, 0.15) is 6.42 Å². The van der Waals surface area contributed by atoms with Crippen LogP contribution in [0.5, 0.6) is 5.75 Å². The molecule has 2 aliphatic heterocycles. The van der Waals surface area contributed by atoms with Gasteiger partial charge in [0, 0.05) is 13.1 Å². The molecule has 0 aliphatic carbocycles. The smallest absolute Gasteiger partial charge is 0.137 e. The Hall–Kier alpha value is -1.21. The van der Waals surface area contributed by atoms with Gasteiger partial charge in [0.05, 0.1) is 25.4 Å². The first-order valence-corrected chi connectivity index (χ1v) is 7.17. The number of ether oxygens (including phenoxy) is 2. The number of benzene rings is 1. The summed E-state index contributed by atoms with van der Waals surface area (Å²) >= 11 is 0. The van der Waals surface area contributed by atoms with Crippen molar-refractivity contribution in [1.82, 2.24) is 4.90 Å². The van der Waals surface area contributed by atoms with E-state index in [0.29, 0.717) is 38.0 Å². The van der Waals surface area contributed by atoms with Crippen LogP contribution in [0.3, 0.4) is 0 Å². The first-order chi connectivity index (χ1) is 10.1. The van der Waals surface area contributed by atoms with Crippen molar-refractivity contribution in [3.63, 3.8) is 0 Å². The maximum absolute atomic E-state index is 12.8. The minimum Gasteiger partial charge on any atom is -0.490 e. The monoisotopic (exact) mass is 297 g/mol. The first-order valence-electron chi connectivity index (χ1n) is 7.17. The number of nitrogens with zero attached hydrogens (tertiary/aromatic N) is 1. The fourth-order valence-electron chi connectivity index (χ4n) is 2.72. The average molecular weight is 297 g/mol. The lowest BCUT2D eigenvalue weighted by Crippen LogP contribution is -2.64. The number of likely N-dealkylation sites (tertiary alicyclic amines) is 1. The van der Waals surface area contributed by atoms with Crippen LogP contribution in [-0.4, -0.2) is 65.8 Å². The van der Waals surface area contributed by atoms with Crippen molar-refractivity contribution in [2.75, 3.05) is 32.9 Å². The lowest BCUT2D eigenvalue weighted by Gasteiger charge is -2.47. The minimum absolute atomic E-state index is 0.0239. The van der Waals surface area contributed by atoms with E-state index in [1.165, 1.54) is 24.3 Å². The third-order valence-electron chi connectivity index (χ3n) is 4.23. The highest BCUT2D eigenvalue weighted by molar-refractivity contribution is 5.22. The lowest BCUT2D eigenvalue weighted by molar-refractivity contribution is -0.167. The highest BCUT2D eigenvalue weighted by Gasteiger charge is 2.44. The molecule has 0 saturated carbocycles. The molecule has 1 aromatic rings. The van der Waals surface area contributed by atoms with Gasteiger partial charge in [0.1, 0.15) is 23.8 Å². The van der Waals surface area contributed by atoms with E-state index in [0.717, 1.165) is 6.54 Å². The summed E-state index contributed by atoms with van der Waals surface area (Å²) in [5.74, 6) is 0.135. The van der Waals surface area contributed by atoms with Gasteiger partial charge in [-0.15, -0.1) is 0 Å². The molecule has 0 amide bonds. The largest absolute Gasteiger partial charge is 0.490 e. The topological polar surface area (TPSA) is 62.2 Å². The number of piperidine rings is 1. The molecule has 116 valence electrons. The Morgan fingerprint density at radius 3 is 2.67 bits per heavy atom. The normalized spacial score (nSPS) is 30.9. The van der Waals surface area contributed by atoms with Gasteiger partial charge >= 0.3 is 0 Å². The van der Waals surface area contributed by atoms with E-state index in [9.17, 15) is 14.6 Å². The summed E-state index contributed by atoms with van der Waals surface area (Å²) in [7, 11) is 0. The predicted molar refractivity (Wildman–Crippen MR) is 73.6 cm³/mol. The third kappa shape index (κ3) is 3.18. The van der Waals surface area contributed by atoms with E-state index < -0.39 is 11.7 Å². The first kappa shape index (κ1) is 14.7. The molecule has 0 unspecified atom stereocenters. The predicted octanol–water partition coefficient (Wildman–Crippen LogP) is 0.401. The Bertz CT molecular complexity index is 479. The molecule has 0 aromatic heterocycles. The second kappa shape index (κ2) is 5.88. The van der Waals surface area contributed by atoms with Crippen LogP contribution < -0.4 is 4.74 Å². The molecule has 2 N–H and O–H groups in total. The molecule has 2 atom stereocenters. The standard InChI is InChI=1S/C15H20FNO4/c16-11-1-3-13(4-2-11)21-10-15(19)9-17(6-5-14(15)18)12-7-20-8-12/h1-4,12,14,18-19H,5-10H2/t14-,15-/m0/s1. The summed E-state index contributed by atoms with van der Waals surface area (Å²) in [6, 6.07) is 5.93. The Morgan fingerprint density at radius 1 is 1.33 bits per heavy atom. The molecule has 0 spiro atoms. The van der Waals surface area contributed by atoms with Crippen molar-refractivity contribution >= 4 is 0 Å². The van der Waals surface area contributed by atoms with Gasteiger partial charge in [0.2, 0.25) is 0 Å². The van der Waals surface area contributed by atoms with Gasteiger partial charge in [-0.1, -0.05) is 0 Å². The molecule has 21 heavy (non-hydrogen) atoms. The van der Waals surface area contributed by atoms with Crippen molar-refractivity contribution in [1.29, 1.82) is 0 Å². The summed E-state index contributed by atoms with van der Waals surface area (Å²) in [6.45, 7) is 2.41. The van der Waals surface area contributed by atoms with E-state index in [2.05, 4.69) is 4.90 Å². The second-order valence-electron chi connectivity index (χ2n) is 5.81. The van der Waals surface area contributed by atoms with Crippen LogP contribution in [0.4, 0.5) is 4.39 Å². The lowest BCUT2D eigenvalue weighted by atomic mass is 9.89. The SMILES string of the molecule is O[C@H]1CCN(C2COC2)C[C@]1(O)COc1ccc(F)cc1. The summed E-state index contributed by atoms with van der Waals surface area (Å²) in [4.78, 5) is 2.13. The Balaban J connectivity index is 1.61. The average Bonchev–Trinajstić information content (AvgIpc) is 2.41. The van der Waals surface area contributed by atoms with E-state index >= 15 is 0 Å². The Kier molecular flexibility index (Phi) is 4.12. The number of β-amino-alcohol motifs (C(OH)–C–C–N with tert-alkyl or cyclic N) is 1. The number of aliphatic hydroxyl groups excluding tert-OH is 1. The van der Waals surface area contributed by atoms with Crippen LogP contribution >= 0.6 is 0 Å². The molecular formula is C15H20FNO4. The Morgan fingerprint density at radius 2 is 2.05 bits per heavy atom. The van der Waals surface area contributed by atoms with Crippen molar-refractivity contribution in [3.05, 3.63) is 30.1 Å². The van der Waals surface area contributed by atoms with Crippen LogP contribution in [0.15, 0.2) is 24.3 Å². The molecule has 0 radical (unpaired) electrons. The van der Waals surface area contributed by atoms with Gasteiger partial charge in [-0.25, -0.2) is 4.39 Å². The molecular weight excluding hydrogens is 277 g/mol. The van der Waals surface area contributed by atoms with Gasteiger partial charge < -0.3 is 19.7 Å². The van der Waals surface area contributed by atoms with Gasteiger partial charge in [-0.3, -0.25) is 4.90 Å². The quantitative estimate of drug-likeness (QED) is 0.842. The molecule has 0 bridgehead atoms. The zero-order valence-corrected chi connectivity index (χ0v) is 11.7. The second-order valence-corrected chi connectivity index (χ2v) is 5.81. The van der Waals surface area contributed by atoms with Crippen molar-refractivity contribution in [2.24, 2.45) is 0 Å². The number of halogens is 1. The van der Waals surface area contributed by atoms with Crippen molar-refractivity contribution in [2.45, 2.75) is 24.2 Å². The van der Waals surface area contributed by atoms with Crippen molar-refractivity contribution in [3.8, 4) is 5.75 Å². The van der Waals surface area contributed by atoms with E-state index in [4.69, 9.17) is 9.47 Å². The maximum atomic E-state index is 12.8. The fourth-order valence-corrected chi connectivity index (χ4v) is 2.72. The fraction of sp³-hybridized carbons (Fsp3) is 0.600. The summed E-state index contributed by atoms with van der Waals surface area (Å²) in [5, 5.41) is 20.8. The summed E-state index contributed by atoms with van der Waals surface area (Å²) in [5.41, 5.74) is -1.32. The van der Waals surface area contributed by atoms with Crippen LogP contribution in [0.2, 0.25) is 0 Å². The minimum atomic E-state index is -1.32. The molecule has 3 rings (SSSR count). The van der Waals surface area contributed by atoms with E-state index in [1.54, 1.807) is 0 Å². The number of hydrogen-bond acceptors (Lipinski definition) is 5. The molecule has 2 aliphatic rings. The number of hydrogen-bond donors (Lipinski definition) is 2. The van der Waals surface area contributed by atoms with Gasteiger partial charge in [0.15, 0.2) is 0 Å². The summed E-state index contributed by atoms with van der Waals surface area (Å²) in [6.07, 6.45) is -0.324. The molecule has 6 heteroatoms. The zero-order valence-electron chi connectivity index (χ0n) is 11.7. The highest BCUT2D eigenvalue weighted by Crippen LogP contribution is 2.26. The molecule has 1 aromatic carbocycles. The number of aliphatic hydroxyl groups is 2. The molecule has 2 saturated heterocycles. The molecule has 5 nitrogen and oxygen atoms in total. The third-order valence-corrected chi connectivity index (χ3v) is 4.23. The highest BCUT2D eigenvalue weighted by atomic mass is 19.1. The van der Waals surface area contributed by atoms with Gasteiger partial charge in [0.25, 0.3) is 0 Å². The van der Waals surface area contributed by atoms with Crippen LogP contribution in [0, 0.1) is 5.82 Å². The van der Waals surface area contributed by atoms with Crippen LogP contribution in [-0.2, 0) is 4.74 Å². The Labute approximate surface area is 122 Å². The molecule has 2 heterocycles. The zero-order chi connectivity index (χ0) is 14.9. The van der Waals surface area contributed by atoms with Crippen molar-refractivity contribution < 1.29 is 24.1 Å².